The van der Waals surface area contributed by atoms with Crippen molar-refractivity contribution in [2.45, 2.75) is 25.7 Å². The molecule has 7 heteroatoms. The maximum Gasteiger partial charge on any atom is 0.243 e. The second kappa shape index (κ2) is 11.9. The first-order valence-electron chi connectivity index (χ1n) is 11.7. The third-order valence-electron chi connectivity index (χ3n) is 6.31. The van der Waals surface area contributed by atoms with E-state index in [1.807, 2.05) is 6.07 Å². The number of para-hydroxylation sites is 1. The topological polar surface area (TPSA) is 54.4 Å². The van der Waals surface area contributed by atoms with Gasteiger partial charge in [-0.1, -0.05) is 18.2 Å². The molecule has 1 aromatic rings. The molecule has 1 N–H and O–H groups in total. The van der Waals surface area contributed by atoms with E-state index in [0.29, 0.717) is 5.92 Å². The highest BCUT2D eigenvalue weighted by molar-refractivity contribution is 5.85. The summed E-state index contributed by atoms with van der Waals surface area (Å²) in [5.41, 5.74) is 1.23. The Kier molecular flexibility index (Phi) is 9.00. The molecule has 31 heavy (non-hydrogen) atoms. The van der Waals surface area contributed by atoms with E-state index in [9.17, 15) is 4.79 Å². The summed E-state index contributed by atoms with van der Waals surface area (Å²) in [5.74, 6) is 1.62. The fraction of sp³-hybridized carbons (Fsp3) is 0.667. The molecule has 172 valence electrons. The van der Waals surface area contributed by atoms with E-state index in [0.717, 1.165) is 38.6 Å². The maximum atomic E-state index is 12.1. The highest BCUT2D eigenvalue weighted by atomic mass is 16.2. The molecular formula is C24H40N6O. The molecule has 0 aliphatic carbocycles. The quantitative estimate of drug-likeness (QED) is 0.370. The highest BCUT2D eigenvalue weighted by Gasteiger charge is 2.27. The molecule has 2 aliphatic rings. The van der Waals surface area contributed by atoms with Gasteiger partial charge >= 0.3 is 0 Å². The van der Waals surface area contributed by atoms with Crippen molar-refractivity contribution >= 4 is 17.6 Å². The van der Waals surface area contributed by atoms with E-state index in [2.05, 4.69) is 56.3 Å². The minimum Gasteiger partial charge on any atom is -0.375 e. The van der Waals surface area contributed by atoms with Gasteiger partial charge in [0.2, 0.25) is 5.91 Å². The van der Waals surface area contributed by atoms with Gasteiger partial charge in [0.25, 0.3) is 0 Å². The van der Waals surface area contributed by atoms with Crippen LogP contribution in [0.15, 0.2) is 35.3 Å². The summed E-state index contributed by atoms with van der Waals surface area (Å²) in [6, 6.07) is 10.5. The Hall–Kier alpha value is -2.28. The Bertz CT molecular complexity index is 701. The first-order chi connectivity index (χ1) is 15.0. The Morgan fingerprint density at radius 3 is 2.58 bits per heavy atom. The molecule has 1 aromatic carbocycles. The first kappa shape index (κ1) is 23.4. The second-order valence-electron chi connectivity index (χ2n) is 9.07. The van der Waals surface area contributed by atoms with Crippen LogP contribution in [-0.2, 0) is 4.79 Å². The second-order valence-corrected chi connectivity index (χ2v) is 9.07. The van der Waals surface area contributed by atoms with Crippen LogP contribution in [0.5, 0.6) is 0 Å². The lowest BCUT2D eigenvalue weighted by Crippen LogP contribution is -2.42. The number of anilines is 1. The van der Waals surface area contributed by atoms with Gasteiger partial charge in [0.05, 0.1) is 0 Å². The monoisotopic (exact) mass is 428 g/mol. The van der Waals surface area contributed by atoms with Crippen LogP contribution in [0.25, 0.3) is 0 Å². The highest BCUT2D eigenvalue weighted by Crippen LogP contribution is 2.20. The van der Waals surface area contributed by atoms with Gasteiger partial charge in [-0.3, -0.25) is 4.79 Å². The number of benzene rings is 1. The minimum atomic E-state index is 0.0379. The number of hydrogen-bond acceptors (Lipinski definition) is 4. The number of likely N-dealkylation sites (tertiary alicyclic amines) is 2. The van der Waals surface area contributed by atoms with Gasteiger partial charge in [-0.15, -0.1) is 0 Å². The van der Waals surface area contributed by atoms with Crippen LogP contribution in [0, 0.1) is 5.92 Å². The van der Waals surface area contributed by atoms with Gasteiger partial charge < -0.3 is 24.9 Å². The fourth-order valence-corrected chi connectivity index (χ4v) is 4.38. The summed E-state index contributed by atoms with van der Waals surface area (Å²) in [6.45, 7) is 7.77. The van der Waals surface area contributed by atoms with Crippen LogP contribution in [0.2, 0.25) is 0 Å². The molecule has 0 aromatic heterocycles. The summed E-state index contributed by atoms with van der Waals surface area (Å²) in [5, 5.41) is 3.54. The average Bonchev–Trinajstić information content (AvgIpc) is 3.46. The molecule has 0 spiro atoms. The lowest BCUT2D eigenvalue weighted by atomic mass is 10.1. The van der Waals surface area contributed by atoms with E-state index in [1.54, 1.807) is 19.0 Å². The van der Waals surface area contributed by atoms with Crippen molar-refractivity contribution in [3.8, 4) is 0 Å². The number of nitrogens with one attached hydrogen (secondary N) is 1. The largest absolute Gasteiger partial charge is 0.375 e. The molecule has 1 unspecified atom stereocenters. The Labute approximate surface area is 188 Å². The van der Waals surface area contributed by atoms with Crippen LogP contribution in [0.3, 0.4) is 0 Å². The molecule has 2 fully saturated rings. The van der Waals surface area contributed by atoms with E-state index < -0.39 is 0 Å². The number of amides is 1. The Balaban J connectivity index is 1.50. The maximum absolute atomic E-state index is 12.1. The van der Waals surface area contributed by atoms with Crippen LogP contribution in [-0.4, -0.2) is 100 Å². The zero-order valence-corrected chi connectivity index (χ0v) is 19.6. The SMILES string of the molecule is CN(C)C(=O)CN=C(NCCCN(C)c1ccccc1)N1CCC(CN2CCCC2)C1. The number of hydrogen-bond donors (Lipinski definition) is 1. The molecule has 1 atom stereocenters. The molecule has 7 nitrogen and oxygen atoms in total. The smallest absolute Gasteiger partial charge is 0.243 e. The summed E-state index contributed by atoms with van der Waals surface area (Å²) in [4.78, 5) is 25.6. The minimum absolute atomic E-state index is 0.0379. The van der Waals surface area contributed by atoms with E-state index in [1.165, 1.54) is 44.6 Å². The molecule has 0 saturated carbocycles. The van der Waals surface area contributed by atoms with Crippen LogP contribution in [0.4, 0.5) is 5.69 Å². The number of carbonyl (C=O) groups is 1. The van der Waals surface area contributed by atoms with Crippen molar-refractivity contribution in [1.82, 2.24) is 20.0 Å². The molecule has 2 aliphatic heterocycles. The van der Waals surface area contributed by atoms with Crippen molar-refractivity contribution in [2.75, 3.05) is 78.4 Å². The average molecular weight is 429 g/mol. The summed E-state index contributed by atoms with van der Waals surface area (Å²) < 4.78 is 0. The van der Waals surface area contributed by atoms with E-state index in [-0.39, 0.29) is 12.5 Å². The predicted molar refractivity (Wildman–Crippen MR) is 129 cm³/mol. The summed E-state index contributed by atoms with van der Waals surface area (Å²) >= 11 is 0. The van der Waals surface area contributed by atoms with Gasteiger partial charge in [-0.25, -0.2) is 4.99 Å². The number of nitrogens with zero attached hydrogens (tertiary/aromatic N) is 5. The number of guanidine groups is 1. The summed E-state index contributed by atoms with van der Waals surface area (Å²) in [7, 11) is 5.70. The predicted octanol–water partition coefficient (Wildman–Crippen LogP) is 1.96. The zero-order valence-electron chi connectivity index (χ0n) is 19.6. The number of likely N-dealkylation sites (N-methyl/N-ethyl adjacent to an activating group) is 1. The van der Waals surface area contributed by atoms with Crippen molar-refractivity contribution in [1.29, 1.82) is 0 Å². The standard InChI is InChI=1S/C24H40N6O/c1-27(2)23(31)18-26-24(25-13-9-14-28(3)22-10-5-4-6-11-22)30-17-12-21(20-30)19-29-15-7-8-16-29/h4-6,10-11,21H,7-9,12-20H2,1-3H3,(H,25,26). The van der Waals surface area contributed by atoms with Crippen LogP contribution >= 0.6 is 0 Å². The van der Waals surface area contributed by atoms with Gasteiger partial charge in [0.15, 0.2) is 5.96 Å². The number of rotatable bonds is 9. The lowest BCUT2D eigenvalue weighted by Gasteiger charge is -2.24. The van der Waals surface area contributed by atoms with Crippen molar-refractivity contribution in [3.63, 3.8) is 0 Å². The number of carbonyl (C=O) groups excluding carboxylic acids is 1. The molecule has 0 radical (unpaired) electrons. The molecular weight excluding hydrogens is 388 g/mol. The molecule has 0 bridgehead atoms. The zero-order chi connectivity index (χ0) is 22.1. The third-order valence-corrected chi connectivity index (χ3v) is 6.31. The van der Waals surface area contributed by atoms with Crippen LogP contribution < -0.4 is 10.2 Å². The Morgan fingerprint density at radius 2 is 1.87 bits per heavy atom. The molecule has 2 heterocycles. The van der Waals surface area contributed by atoms with Crippen LogP contribution in [0.1, 0.15) is 25.7 Å². The summed E-state index contributed by atoms with van der Waals surface area (Å²) in [6.07, 6.45) is 4.90. The first-order valence-corrected chi connectivity index (χ1v) is 11.7. The van der Waals surface area contributed by atoms with E-state index >= 15 is 0 Å². The van der Waals surface area contributed by atoms with Crippen molar-refractivity contribution in [2.24, 2.45) is 10.9 Å². The van der Waals surface area contributed by atoms with Gasteiger partial charge in [-0.2, -0.15) is 0 Å². The Morgan fingerprint density at radius 1 is 1.13 bits per heavy atom. The molecule has 1 amide bonds. The fourth-order valence-electron chi connectivity index (χ4n) is 4.38. The van der Waals surface area contributed by atoms with Crippen molar-refractivity contribution < 1.29 is 4.79 Å². The van der Waals surface area contributed by atoms with Gasteiger partial charge in [0, 0.05) is 59.6 Å². The normalized spacial score (nSPS) is 19.6. The van der Waals surface area contributed by atoms with E-state index in [4.69, 9.17) is 0 Å². The third kappa shape index (κ3) is 7.42. The van der Waals surface area contributed by atoms with Gasteiger partial charge in [0.1, 0.15) is 6.54 Å². The number of aliphatic imine (C=N–C) groups is 1. The van der Waals surface area contributed by atoms with Crippen molar-refractivity contribution in [3.05, 3.63) is 30.3 Å². The molecule has 2 saturated heterocycles. The van der Waals surface area contributed by atoms with Gasteiger partial charge in [-0.05, 0) is 56.8 Å². The lowest BCUT2D eigenvalue weighted by molar-refractivity contribution is -0.127. The molecule has 3 rings (SSSR count).